The van der Waals surface area contributed by atoms with Crippen LogP contribution in [0.15, 0.2) is 12.1 Å². The molecule has 1 aliphatic heterocycles. The maximum atomic E-state index is 13.2. The summed E-state index contributed by atoms with van der Waals surface area (Å²) in [7, 11) is 1.44. The van der Waals surface area contributed by atoms with Crippen molar-refractivity contribution in [2.45, 2.75) is 12.5 Å². The Morgan fingerprint density at radius 3 is 2.74 bits per heavy atom. The van der Waals surface area contributed by atoms with E-state index in [-0.39, 0.29) is 24.9 Å². The topological polar surface area (TPSA) is 55.6 Å². The first-order valence-electron chi connectivity index (χ1n) is 5.58. The second-order valence-corrected chi connectivity index (χ2v) is 4.20. The van der Waals surface area contributed by atoms with Crippen LogP contribution in [0.2, 0.25) is 0 Å². The number of anilines is 1. The number of carbonyl (C=O) groups is 1. The smallest absolute Gasteiger partial charge is 0.246 e. The molecule has 19 heavy (non-hydrogen) atoms. The molecular weight excluding hydrogens is 278 g/mol. The van der Waals surface area contributed by atoms with Crippen LogP contribution in [0, 0.1) is 11.6 Å². The number of benzene rings is 1. The van der Waals surface area contributed by atoms with E-state index in [4.69, 9.17) is 10.5 Å². The fourth-order valence-corrected chi connectivity index (χ4v) is 2.06. The Kier molecular flexibility index (Phi) is 5.22. The van der Waals surface area contributed by atoms with Gasteiger partial charge in [0.25, 0.3) is 0 Å². The Morgan fingerprint density at radius 1 is 1.47 bits per heavy atom. The Hall–Kier alpha value is -1.24. The van der Waals surface area contributed by atoms with Crippen LogP contribution in [-0.4, -0.2) is 32.2 Å². The highest BCUT2D eigenvalue weighted by molar-refractivity contribution is 5.98. The van der Waals surface area contributed by atoms with Gasteiger partial charge in [0.1, 0.15) is 6.04 Å². The van der Waals surface area contributed by atoms with E-state index in [9.17, 15) is 13.6 Å². The predicted molar refractivity (Wildman–Crippen MR) is 69.5 cm³/mol. The number of halogens is 3. The lowest BCUT2D eigenvalue weighted by atomic mass is 10.1. The molecule has 1 heterocycles. The van der Waals surface area contributed by atoms with Crippen molar-refractivity contribution in [1.29, 1.82) is 0 Å². The predicted octanol–water partition coefficient (Wildman–Crippen LogP) is 1.25. The van der Waals surface area contributed by atoms with Crippen molar-refractivity contribution in [3.63, 3.8) is 0 Å². The summed E-state index contributed by atoms with van der Waals surface area (Å²) in [6.45, 7) is 0.475. The van der Waals surface area contributed by atoms with Gasteiger partial charge in [0.05, 0.1) is 12.3 Å². The number of nitrogens with zero attached hydrogens (tertiary/aromatic N) is 1. The molecule has 0 saturated heterocycles. The Balaban J connectivity index is 0.00000180. The fraction of sp³-hybridized carbons (Fsp3) is 0.417. The highest BCUT2D eigenvalue weighted by atomic mass is 35.5. The van der Waals surface area contributed by atoms with Gasteiger partial charge in [-0.15, -0.1) is 12.4 Å². The average molecular weight is 293 g/mol. The number of methoxy groups -OCH3 is 1. The molecule has 0 aromatic heterocycles. The van der Waals surface area contributed by atoms with Gasteiger partial charge < -0.3 is 15.4 Å². The van der Waals surface area contributed by atoms with Gasteiger partial charge in [-0.05, 0) is 18.1 Å². The molecule has 0 radical (unpaired) electrons. The first kappa shape index (κ1) is 15.8. The summed E-state index contributed by atoms with van der Waals surface area (Å²) < 4.78 is 31.1. The molecule has 1 aromatic rings. The fourth-order valence-electron chi connectivity index (χ4n) is 2.06. The van der Waals surface area contributed by atoms with Crippen LogP contribution in [-0.2, 0) is 16.0 Å². The highest BCUT2D eigenvalue weighted by Crippen LogP contribution is 2.30. The first-order valence-corrected chi connectivity index (χ1v) is 5.58. The minimum absolute atomic E-state index is 0. The second-order valence-electron chi connectivity index (χ2n) is 4.20. The number of nitrogens with two attached hydrogens (primary N) is 1. The van der Waals surface area contributed by atoms with Crippen LogP contribution in [0.3, 0.4) is 0 Å². The molecule has 2 rings (SSSR count). The first-order chi connectivity index (χ1) is 8.54. The normalized spacial score (nSPS) is 14.8. The number of ether oxygens (including phenoxy) is 1. The maximum Gasteiger partial charge on any atom is 0.246 e. The van der Waals surface area contributed by atoms with Crippen LogP contribution in [0.5, 0.6) is 0 Å². The van der Waals surface area contributed by atoms with Gasteiger partial charge in [0, 0.05) is 19.7 Å². The number of rotatable bonds is 3. The Labute approximate surface area is 115 Å². The van der Waals surface area contributed by atoms with Crippen LogP contribution in [0.1, 0.15) is 5.56 Å². The van der Waals surface area contributed by atoms with Crippen LogP contribution in [0.25, 0.3) is 0 Å². The zero-order valence-corrected chi connectivity index (χ0v) is 11.2. The third-order valence-corrected chi connectivity index (χ3v) is 2.95. The van der Waals surface area contributed by atoms with Crippen molar-refractivity contribution in [3.05, 3.63) is 29.3 Å². The van der Waals surface area contributed by atoms with Gasteiger partial charge in [-0.25, -0.2) is 8.78 Å². The minimum Gasteiger partial charge on any atom is -0.383 e. The van der Waals surface area contributed by atoms with Gasteiger partial charge in [0.2, 0.25) is 5.91 Å². The van der Waals surface area contributed by atoms with Crippen molar-refractivity contribution < 1.29 is 18.3 Å². The van der Waals surface area contributed by atoms with Crippen molar-refractivity contribution >= 4 is 24.0 Å². The van der Waals surface area contributed by atoms with Crippen LogP contribution >= 0.6 is 12.4 Å². The number of hydrogen-bond donors (Lipinski definition) is 1. The van der Waals surface area contributed by atoms with Crippen LogP contribution in [0.4, 0.5) is 14.5 Å². The maximum absolute atomic E-state index is 13.2. The largest absolute Gasteiger partial charge is 0.383 e. The molecular formula is C12H15ClF2N2O2. The summed E-state index contributed by atoms with van der Waals surface area (Å²) in [6.07, 6.45) is 0.498. The molecule has 106 valence electrons. The molecule has 4 nitrogen and oxygen atoms in total. The monoisotopic (exact) mass is 292 g/mol. The van der Waals surface area contributed by atoms with Gasteiger partial charge in [-0.2, -0.15) is 0 Å². The number of amides is 1. The van der Waals surface area contributed by atoms with E-state index < -0.39 is 17.7 Å². The van der Waals surface area contributed by atoms with Crippen molar-refractivity contribution in [3.8, 4) is 0 Å². The van der Waals surface area contributed by atoms with E-state index in [0.29, 0.717) is 24.2 Å². The van der Waals surface area contributed by atoms with Gasteiger partial charge in [-0.3, -0.25) is 4.79 Å². The Bertz CT molecular complexity index is 485. The molecule has 7 heteroatoms. The van der Waals surface area contributed by atoms with Crippen molar-refractivity contribution in [2.75, 3.05) is 25.2 Å². The quantitative estimate of drug-likeness (QED) is 0.912. The number of hydrogen-bond acceptors (Lipinski definition) is 3. The third kappa shape index (κ3) is 3.02. The number of fused-ring (bicyclic) bond motifs is 1. The summed E-state index contributed by atoms with van der Waals surface area (Å²) in [5.74, 6) is -2.21. The molecule has 1 aromatic carbocycles. The van der Waals surface area contributed by atoms with Crippen molar-refractivity contribution in [2.24, 2.45) is 5.73 Å². The molecule has 2 N–H and O–H groups in total. The molecule has 0 spiro atoms. The summed E-state index contributed by atoms with van der Waals surface area (Å²) in [5, 5.41) is 0. The molecule has 1 aliphatic rings. The lowest BCUT2D eigenvalue weighted by Gasteiger charge is -2.21. The van der Waals surface area contributed by atoms with Gasteiger partial charge in [0.15, 0.2) is 11.6 Å². The standard InChI is InChI=1S/C12H14F2N2O2.ClH/c1-18-6-10(15)12(17)16-3-2-7-4-8(13)9(14)5-11(7)16;/h4-5,10H,2-3,6,15H2,1H3;1H. The van der Waals surface area contributed by atoms with Crippen LogP contribution < -0.4 is 10.6 Å². The van der Waals surface area contributed by atoms with E-state index >= 15 is 0 Å². The highest BCUT2D eigenvalue weighted by Gasteiger charge is 2.29. The molecule has 1 amide bonds. The average Bonchev–Trinajstić information content (AvgIpc) is 2.72. The summed E-state index contributed by atoms with van der Waals surface area (Å²) >= 11 is 0. The molecule has 0 saturated carbocycles. The molecule has 1 unspecified atom stereocenters. The zero-order chi connectivity index (χ0) is 13.3. The van der Waals surface area contributed by atoms with Gasteiger partial charge >= 0.3 is 0 Å². The SMILES string of the molecule is COCC(N)C(=O)N1CCc2cc(F)c(F)cc21.Cl. The lowest BCUT2D eigenvalue weighted by molar-refractivity contribution is -0.120. The zero-order valence-electron chi connectivity index (χ0n) is 10.4. The van der Waals surface area contributed by atoms with Gasteiger partial charge in [-0.1, -0.05) is 0 Å². The van der Waals surface area contributed by atoms with Crippen molar-refractivity contribution in [1.82, 2.24) is 0 Å². The summed E-state index contributed by atoms with van der Waals surface area (Å²) in [5.41, 5.74) is 6.66. The number of carbonyl (C=O) groups excluding carboxylic acids is 1. The van der Waals surface area contributed by atoms with E-state index in [1.807, 2.05) is 0 Å². The van der Waals surface area contributed by atoms with E-state index in [1.165, 1.54) is 12.0 Å². The lowest BCUT2D eigenvalue weighted by Crippen LogP contribution is -2.45. The summed E-state index contributed by atoms with van der Waals surface area (Å²) in [4.78, 5) is 13.4. The molecule has 1 atom stereocenters. The minimum atomic E-state index is -0.964. The Morgan fingerprint density at radius 2 is 2.11 bits per heavy atom. The molecule has 0 aliphatic carbocycles. The molecule has 0 fully saturated rings. The van der Waals surface area contributed by atoms with E-state index in [0.717, 1.165) is 12.1 Å². The third-order valence-electron chi connectivity index (χ3n) is 2.95. The second kappa shape index (κ2) is 6.27. The summed E-state index contributed by atoms with van der Waals surface area (Å²) in [6, 6.07) is 1.36. The molecule has 0 bridgehead atoms. The van der Waals surface area contributed by atoms with E-state index in [2.05, 4.69) is 0 Å². The van der Waals surface area contributed by atoms with E-state index in [1.54, 1.807) is 0 Å².